The molecular formula is C23H24N4OS. The zero-order valence-electron chi connectivity index (χ0n) is 16.2. The van der Waals surface area contributed by atoms with Gasteiger partial charge in [-0.3, -0.25) is 4.79 Å². The SMILES string of the molecule is CC(=O)N1N=C(c2ccc(N)cc2)CC1c1cccc(N)c1.Sc1ccccc1. The van der Waals surface area contributed by atoms with Gasteiger partial charge in [0.25, 0.3) is 0 Å². The molecule has 1 atom stereocenters. The van der Waals surface area contributed by atoms with E-state index >= 15 is 0 Å². The van der Waals surface area contributed by atoms with Crippen LogP contribution in [0.15, 0.2) is 88.9 Å². The Morgan fingerprint density at radius 3 is 2.21 bits per heavy atom. The number of anilines is 2. The number of nitrogens with zero attached hydrogens (tertiary/aromatic N) is 2. The van der Waals surface area contributed by atoms with E-state index < -0.39 is 0 Å². The molecule has 0 saturated carbocycles. The highest BCUT2D eigenvalue weighted by Crippen LogP contribution is 2.33. The summed E-state index contributed by atoms with van der Waals surface area (Å²) in [5.74, 6) is -0.0853. The van der Waals surface area contributed by atoms with E-state index in [4.69, 9.17) is 11.5 Å². The van der Waals surface area contributed by atoms with Crippen molar-refractivity contribution in [2.45, 2.75) is 24.3 Å². The van der Waals surface area contributed by atoms with Gasteiger partial charge in [-0.1, -0.05) is 42.5 Å². The van der Waals surface area contributed by atoms with Gasteiger partial charge in [0, 0.05) is 29.6 Å². The predicted molar refractivity (Wildman–Crippen MR) is 122 cm³/mol. The van der Waals surface area contributed by atoms with Crippen LogP contribution in [0.3, 0.4) is 0 Å². The number of hydrazone groups is 1. The Kier molecular flexibility index (Phi) is 6.57. The molecule has 4 rings (SSSR count). The third kappa shape index (κ3) is 5.39. The van der Waals surface area contributed by atoms with Crippen LogP contribution in [-0.2, 0) is 4.79 Å². The third-order valence-electron chi connectivity index (χ3n) is 4.53. The Hall–Kier alpha value is -3.25. The number of carbonyl (C=O) groups excluding carboxylic acids is 1. The van der Waals surface area contributed by atoms with Crippen molar-refractivity contribution in [2.24, 2.45) is 5.10 Å². The maximum atomic E-state index is 11.9. The summed E-state index contributed by atoms with van der Waals surface area (Å²) >= 11 is 4.08. The first-order valence-corrected chi connectivity index (χ1v) is 9.71. The zero-order chi connectivity index (χ0) is 20.8. The lowest BCUT2D eigenvalue weighted by molar-refractivity contribution is -0.130. The first-order chi connectivity index (χ1) is 13.9. The second-order valence-electron chi connectivity index (χ2n) is 6.76. The van der Waals surface area contributed by atoms with E-state index in [-0.39, 0.29) is 11.9 Å². The summed E-state index contributed by atoms with van der Waals surface area (Å²) in [5, 5.41) is 6.02. The molecule has 0 fully saturated rings. The molecule has 0 saturated heterocycles. The number of hydrogen-bond donors (Lipinski definition) is 3. The van der Waals surface area contributed by atoms with Crippen LogP contribution in [0.25, 0.3) is 0 Å². The molecule has 1 unspecified atom stereocenters. The fourth-order valence-corrected chi connectivity index (χ4v) is 3.28. The Bertz CT molecular complexity index is 1000. The summed E-state index contributed by atoms with van der Waals surface area (Å²) in [5.41, 5.74) is 15.8. The van der Waals surface area contributed by atoms with Gasteiger partial charge in [-0.25, -0.2) is 5.01 Å². The number of hydrogen-bond acceptors (Lipinski definition) is 5. The molecule has 0 aliphatic carbocycles. The Balaban J connectivity index is 0.000000290. The lowest BCUT2D eigenvalue weighted by Gasteiger charge is -2.20. The summed E-state index contributed by atoms with van der Waals surface area (Å²) < 4.78 is 0. The van der Waals surface area contributed by atoms with Gasteiger partial charge in [0.2, 0.25) is 5.91 Å². The van der Waals surface area contributed by atoms with Crippen molar-refractivity contribution in [1.82, 2.24) is 5.01 Å². The van der Waals surface area contributed by atoms with Crippen molar-refractivity contribution in [3.63, 3.8) is 0 Å². The minimum Gasteiger partial charge on any atom is -0.399 e. The Morgan fingerprint density at radius 2 is 1.66 bits per heavy atom. The van der Waals surface area contributed by atoms with Crippen molar-refractivity contribution in [1.29, 1.82) is 0 Å². The number of carbonyl (C=O) groups is 1. The smallest absolute Gasteiger partial charge is 0.240 e. The molecule has 1 aliphatic rings. The molecule has 148 valence electrons. The minimum atomic E-state index is -0.117. The van der Waals surface area contributed by atoms with Gasteiger partial charge < -0.3 is 11.5 Å². The maximum Gasteiger partial charge on any atom is 0.240 e. The average molecular weight is 405 g/mol. The topological polar surface area (TPSA) is 84.7 Å². The standard InChI is InChI=1S/C17H18N4O.C6H6S/c1-11(22)21-17(13-3-2-4-15(19)9-13)10-16(20-21)12-5-7-14(18)8-6-12;7-6-4-2-1-3-5-6/h2-9,17H,10,18-19H2,1H3;1-5,7H. The maximum absolute atomic E-state index is 11.9. The van der Waals surface area contributed by atoms with E-state index in [0.717, 1.165) is 21.7 Å². The molecule has 6 heteroatoms. The van der Waals surface area contributed by atoms with Crippen LogP contribution in [0.1, 0.15) is 30.5 Å². The molecule has 5 nitrogen and oxygen atoms in total. The van der Waals surface area contributed by atoms with E-state index in [9.17, 15) is 4.79 Å². The van der Waals surface area contributed by atoms with Crippen LogP contribution in [0.5, 0.6) is 0 Å². The second-order valence-corrected chi connectivity index (χ2v) is 7.27. The van der Waals surface area contributed by atoms with Crippen LogP contribution < -0.4 is 11.5 Å². The number of amides is 1. The molecule has 0 aromatic heterocycles. The van der Waals surface area contributed by atoms with Crippen LogP contribution in [0.2, 0.25) is 0 Å². The molecule has 0 radical (unpaired) electrons. The first kappa shape index (κ1) is 20.5. The van der Waals surface area contributed by atoms with E-state index in [1.54, 1.807) is 0 Å². The van der Waals surface area contributed by atoms with Crippen molar-refractivity contribution >= 4 is 35.6 Å². The molecule has 1 amide bonds. The van der Waals surface area contributed by atoms with E-state index in [0.29, 0.717) is 17.8 Å². The summed E-state index contributed by atoms with van der Waals surface area (Å²) in [4.78, 5) is 12.9. The predicted octanol–water partition coefficient (Wildman–Crippen LogP) is 4.52. The van der Waals surface area contributed by atoms with Crippen LogP contribution in [0, 0.1) is 0 Å². The number of benzene rings is 3. The van der Waals surface area contributed by atoms with E-state index in [2.05, 4.69) is 17.7 Å². The molecule has 0 bridgehead atoms. The van der Waals surface area contributed by atoms with Gasteiger partial charge in [-0.15, -0.1) is 12.6 Å². The summed E-state index contributed by atoms with van der Waals surface area (Å²) in [6.45, 7) is 1.52. The van der Waals surface area contributed by atoms with Crippen molar-refractivity contribution < 1.29 is 4.79 Å². The van der Waals surface area contributed by atoms with Crippen LogP contribution in [-0.4, -0.2) is 16.6 Å². The summed E-state index contributed by atoms with van der Waals surface area (Å²) in [6.07, 6.45) is 0.660. The Labute approximate surface area is 176 Å². The largest absolute Gasteiger partial charge is 0.399 e. The quantitative estimate of drug-likeness (QED) is 0.433. The molecule has 0 spiro atoms. The summed E-state index contributed by atoms with van der Waals surface area (Å²) in [7, 11) is 0. The van der Waals surface area contributed by atoms with Gasteiger partial charge in [-0.2, -0.15) is 5.10 Å². The van der Waals surface area contributed by atoms with Gasteiger partial charge in [-0.05, 0) is 47.5 Å². The highest BCUT2D eigenvalue weighted by molar-refractivity contribution is 7.80. The van der Waals surface area contributed by atoms with E-state index in [1.807, 2.05) is 78.9 Å². The van der Waals surface area contributed by atoms with Gasteiger partial charge in [0.05, 0.1) is 11.8 Å². The molecule has 1 heterocycles. The van der Waals surface area contributed by atoms with Crippen molar-refractivity contribution in [2.75, 3.05) is 11.5 Å². The highest BCUT2D eigenvalue weighted by atomic mass is 32.1. The lowest BCUT2D eigenvalue weighted by Crippen LogP contribution is -2.24. The molecule has 3 aromatic carbocycles. The lowest BCUT2D eigenvalue weighted by atomic mass is 9.98. The summed E-state index contributed by atoms with van der Waals surface area (Å²) in [6, 6.07) is 24.8. The zero-order valence-corrected chi connectivity index (χ0v) is 17.1. The molecule has 29 heavy (non-hydrogen) atoms. The van der Waals surface area contributed by atoms with Crippen LogP contribution >= 0.6 is 12.6 Å². The molecule has 1 aliphatic heterocycles. The molecular weight excluding hydrogens is 380 g/mol. The fourth-order valence-electron chi connectivity index (χ4n) is 3.10. The van der Waals surface area contributed by atoms with Crippen molar-refractivity contribution in [3.05, 3.63) is 90.0 Å². The number of nitrogen functional groups attached to an aromatic ring is 2. The Morgan fingerprint density at radius 1 is 0.966 bits per heavy atom. The third-order valence-corrected chi connectivity index (χ3v) is 4.83. The van der Waals surface area contributed by atoms with Crippen molar-refractivity contribution in [3.8, 4) is 0 Å². The highest BCUT2D eigenvalue weighted by Gasteiger charge is 2.31. The average Bonchev–Trinajstić information content (AvgIpc) is 3.15. The number of nitrogens with two attached hydrogens (primary N) is 2. The van der Waals surface area contributed by atoms with Crippen LogP contribution in [0.4, 0.5) is 11.4 Å². The number of rotatable bonds is 2. The minimum absolute atomic E-state index is 0.0853. The van der Waals surface area contributed by atoms with Gasteiger partial charge in [0.15, 0.2) is 0 Å². The monoisotopic (exact) mass is 404 g/mol. The van der Waals surface area contributed by atoms with E-state index in [1.165, 1.54) is 11.9 Å². The second kappa shape index (κ2) is 9.30. The first-order valence-electron chi connectivity index (χ1n) is 9.26. The van der Waals surface area contributed by atoms with Gasteiger partial charge in [0.1, 0.15) is 0 Å². The molecule has 4 N–H and O–H groups in total. The number of thiol groups is 1. The normalized spacial score (nSPS) is 15.3. The molecule has 3 aromatic rings. The van der Waals surface area contributed by atoms with Gasteiger partial charge >= 0.3 is 0 Å². The fraction of sp³-hybridized carbons (Fsp3) is 0.130.